The number of anilines is 2. The number of fused-ring (bicyclic) bond motifs is 4. The molecule has 0 spiro atoms. The molecule has 3 fully saturated rings. The highest BCUT2D eigenvalue weighted by molar-refractivity contribution is 6.25. The van der Waals surface area contributed by atoms with E-state index in [1.807, 2.05) is 6.08 Å². The predicted octanol–water partition coefficient (Wildman–Crippen LogP) is 5.46. The van der Waals surface area contributed by atoms with E-state index < -0.39 is 51.7 Å². The first-order valence-electron chi connectivity index (χ1n) is 15.3. The average molecular weight is 618 g/mol. The summed E-state index contributed by atoms with van der Waals surface area (Å²) >= 11 is 0. The molecule has 10 heteroatoms. The molecule has 7 rings (SSSR count). The van der Waals surface area contributed by atoms with E-state index in [0.29, 0.717) is 23.2 Å². The molecule has 3 aromatic carbocycles. The molecule has 0 aromatic heterocycles. The fraction of sp³-hybridized carbons (Fsp3) is 0.278. The highest BCUT2D eigenvalue weighted by atomic mass is 16.6. The number of nitro benzene ring substituents is 1. The summed E-state index contributed by atoms with van der Waals surface area (Å²) in [6, 6.07) is 19.5. The second kappa shape index (κ2) is 10.6. The van der Waals surface area contributed by atoms with Crippen LogP contribution in [0.4, 0.5) is 17.1 Å². The first kappa shape index (κ1) is 29.3. The summed E-state index contributed by atoms with van der Waals surface area (Å²) in [4.78, 5) is 70.0. The van der Waals surface area contributed by atoms with Crippen LogP contribution in [-0.4, -0.2) is 33.7 Å². The molecule has 0 unspecified atom stereocenters. The molecule has 2 aliphatic carbocycles. The van der Waals surface area contributed by atoms with Gasteiger partial charge in [-0.25, -0.2) is 9.80 Å². The molecular formula is C36H31N3O7. The van der Waals surface area contributed by atoms with E-state index in [2.05, 4.69) is 6.58 Å². The Labute approximate surface area is 264 Å². The van der Waals surface area contributed by atoms with Crippen LogP contribution in [0.25, 0.3) is 0 Å². The smallest absolute Gasteiger partial charge is 0.271 e. The first-order chi connectivity index (χ1) is 22.1. The molecule has 46 heavy (non-hydrogen) atoms. The van der Waals surface area contributed by atoms with Gasteiger partial charge in [-0.3, -0.25) is 29.3 Å². The third-order valence-electron chi connectivity index (χ3n) is 10.4. The summed E-state index contributed by atoms with van der Waals surface area (Å²) in [6.07, 6.45) is 4.32. The second-order valence-corrected chi connectivity index (χ2v) is 12.6. The van der Waals surface area contributed by atoms with Gasteiger partial charge in [0.05, 0.1) is 39.5 Å². The topological polar surface area (TPSA) is 138 Å². The molecule has 0 bridgehead atoms. The third kappa shape index (κ3) is 4.02. The van der Waals surface area contributed by atoms with Gasteiger partial charge < -0.3 is 5.11 Å². The van der Waals surface area contributed by atoms with Crippen LogP contribution in [0.3, 0.4) is 0 Å². The number of carbonyl (C=O) groups is 4. The Morgan fingerprint density at radius 2 is 1.65 bits per heavy atom. The van der Waals surface area contributed by atoms with Gasteiger partial charge in [-0.1, -0.05) is 60.2 Å². The zero-order valence-corrected chi connectivity index (χ0v) is 25.0. The summed E-state index contributed by atoms with van der Waals surface area (Å²) in [7, 11) is 0. The van der Waals surface area contributed by atoms with Crippen LogP contribution < -0.4 is 9.80 Å². The summed E-state index contributed by atoms with van der Waals surface area (Å²) < 4.78 is 0. The molecule has 6 atom stereocenters. The van der Waals surface area contributed by atoms with Gasteiger partial charge in [0.1, 0.15) is 5.75 Å². The number of hydrogen-bond acceptors (Lipinski definition) is 7. The van der Waals surface area contributed by atoms with E-state index in [9.17, 15) is 34.4 Å². The number of carbonyl (C=O) groups excluding carboxylic acids is 4. The quantitative estimate of drug-likeness (QED) is 0.168. The standard InChI is InChI=1S/C36H31N3O7/c1-3-9-20-10-7-15-26(31(20)40)30-24-16-17-25-29(34(43)37(32(25)41)22-13-8-14-23(18-22)39(45)46)27(24)19-28-33(42)38(35(44)36(28,30)2)21-11-5-4-6-12-21/h3-8,10-16,18,25,27-30,40H,1,9,17,19H2,2H3/t25-,27+,28-,29-,30+,36+/m0/s1. The number of phenols is 1. The van der Waals surface area contributed by atoms with Crippen LogP contribution in [0.15, 0.2) is 97.1 Å². The number of benzene rings is 3. The zero-order valence-electron chi connectivity index (χ0n) is 25.0. The molecule has 3 aromatic rings. The molecule has 10 nitrogen and oxygen atoms in total. The van der Waals surface area contributed by atoms with Gasteiger partial charge in [0.25, 0.3) is 5.69 Å². The minimum Gasteiger partial charge on any atom is -0.507 e. The van der Waals surface area contributed by atoms with Gasteiger partial charge in [-0.15, -0.1) is 6.58 Å². The van der Waals surface area contributed by atoms with Crippen LogP contribution in [0.2, 0.25) is 0 Å². The maximum atomic E-state index is 14.5. The molecule has 4 aliphatic rings. The number of amides is 4. The Kier molecular flexibility index (Phi) is 6.77. The number of allylic oxidation sites excluding steroid dienone is 3. The Bertz CT molecular complexity index is 1890. The molecule has 0 radical (unpaired) electrons. The minimum absolute atomic E-state index is 0.00139. The van der Waals surface area contributed by atoms with Gasteiger partial charge in [-0.2, -0.15) is 0 Å². The maximum absolute atomic E-state index is 14.5. The largest absolute Gasteiger partial charge is 0.507 e. The number of rotatable bonds is 6. The van der Waals surface area contributed by atoms with Crippen molar-refractivity contribution in [3.8, 4) is 5.75 Å². The Hall–Kier alpha value is -5.38. The lowest BCUT2D eigenvalue weighted by molar-refractivity contribution is -0.384. The average Bonchev–Trinajstić information content (AvgIpc) is 3.42. The van der Waals surface area contributed by atoms with Crippen LogP contribution in [0, 0.1) is 39.2 Å². The maximum Gasteiger partial charge on any atom is 0.271 e. The molecular weight excluding hydrogens is 586 g/mol. The lowest BCUT2D eigenvalue weighted by Crippen LogP contribution is -2.49. The van der Waals surface area contributed by atoms with Crippen LogP contribution >= 0.6 is 0 Å². The summed E-state index contributed by atoms with van der Waals surface area (Å²) in [5.74, 6) is -5.49. The van der Waals surface area contributed by atoms with E-state index in [1.165, 1.54) is 29.2 Å². The Morgan fingerprint density at radius 1 is 0.935 bits per heavy atom. The van der Waals surface area contributed by atoms with Crippen molar-refractivity contribution >= 4 is 40.7 Å². The molecule has 4 amide bonds. The van der Waals surface area contributed by atoms with Gasteiger partial charge in [0.2, 0.25) is 23.6 Å². The van der Waals surface area contributed by atoms with E-state index in [-0.39, 0.29) is 41.8 Å². The fourth-order valence-corrected chi connectivity index (χ4v) is 8.35. The number of aromatic hydroxyl groups is 1. The first-order valence-corrected chi connectivity index (χ1v) is 15.3. The number of non-ortho nitro benzene ring substituents is 1. The van der Waals surface area contributed by atoms with Crippen molar-refractivity contribution in [2.75, 3.05) is 9.80 Å². The summed E-state index contributed by atoms with van der Waals surface area (Å²) in [6.45, 7) is 5.57. The van der Waals surface area contributed by atoms with Crippen LogP contribution in [0.1, 0.15) is 36.8 Å². The van der Waals surface area contributed by atoms with Crippen LogP contribution in [0.5, 0.6) is 5.75 Å². The van der Waals surface area contributed by atoms with Gasteiger partial charge in [0, 0.05) is 23.6 Å². The van der Waals surface area contributed by atoms with Crippen molar-refractivity contribution in [1.29, 1.82) is 0 Å². The molecule has 2 heterocycles. The van der Waals surface area contributed by atoms with Crippen molar-refractivity contribution in [2.45, 2.75) is 32.1 Å². The molecule has 232 valence electrons. The number of nitro groups is 1. The molecule has 1 saturated carbocycles. The highest BCUT2D eigenvalue weighted by Gasteiger charge is 2.68. The van der Waals surface area contributed by atoms with Crippen molar-refractivity contribution in [3.05, 3.63) is 118 Å². The fourth-order valence-electron chi connectivity index (χ4n) is 8.35. The molecule has 1 N–H and O–H groups in total. The minimum atomic E-state index is -1.29. The number of hydrogen-bond donors (Lipinski definition) is 1. The second-order valence-electron chi connectivity index (χ2n) is 12.6. The van der Waals surface area contributed by atoms with Crippen LogP contribution in [-0.2, 0) is 25.6 Å². The molecule has 2 aliphatic heterocycles. The summed E-state index contributed by atoms with van der Waals surface area (Å²) in [5.41, 5.74) is 0.854. The lowest BCUT2D eigenvalue weighted by atomic mass is 9.51. The van der Waals surface area contributed by atoms with Gasteiger partial charge >= 0.3 is 0 Å². The van der Waals surface area contributed by atoms with Crippen molar-refractivity contribution in [2.24, 2.45) is 29.1 Å². The number of imide groups is 2. The van der Waals surface area contributed by atoms with Gasteiger partial charge in [0.15, 0.2) is 0 Å². The summed E-state index contributed by atoms with van der Waals surface area (Å²) in [5, 5.41) is 23.1. The van der Waals surface area contributed by atoms with E-state index in [0.717, 1.165) is 10.5 Å². The Balaban J connectivity index is 1.38. The lowest BCUT2D eigenvalue weighted by Gasteiger charge is -2.49. The zero-order chi connectivity index (χ0) is 32.5. The van der Waals surface area contributed by atoms with Crippen molar-refractivity contribution in [1.82, 2.24) is 0 Å². The van der Waals surface area contributed by atoms with E-state index >= 15 is 0 Å². The van der Waals surface area contributed by atoms with E-state index in [1.54, 1.807) is 61.5 Å². The van der Waals surface area contributed by atoms with Crippen molar-refractivity contribution < 1.29 is 29.2 Å². The number of phenolic OH excluding ortho intramolecular Hbond substituents is 1. The number of nitrogens with zero attached hydrogens (tertiary/aromatic N) is 3. The third-order valence-corrected chi connectivity index (χ3v) is 10.4. The normalized spacial score (nSPS) is 28.5. The van der Waals surface area contributed by atoms with Crippen molar-refractivity contribution in [3.63, 3.8) is 0 Å². The molecule has 2 saturated heterocycles. The number of para-hydroxylation sites is 2. The predicted molar refractivity (Wildman–Crippen MR) is 169 cm³/mol. The monoisotopic (exact) mass is 617 g/mol. The van der Waals surface area contributed by atoms with E-state index in [4.69, 9.17) is 0 Å². The highest BCUT2D eigenvalue weighted by Crippen LogP contribution is 2.64. The SMILES string of the molecule is C=CCc1cccc([C@H]2C3=CC[C@@H]4C(=O)N(c5cccc([N+](=O)[O-])c5)C(=O)[C@@H]4[C@@H]3C[C@H]3C(=O)N(c4ccccc4)C(=O)[C@@]23C)c1O. The van der Waals surface area contributed by atoms with Gasteiger partial charge in [-0.05, 0) is 55.9 Å². The Morgan fingerprint density at radius 3 is 2.37 bits per heavy atom.